The van der Waals surface area contributed by atoms with E-state index in [1.54, 1.807) is 4.90 Å². The highest BCUT2D eigenvalue weighted by Crippen LogP contribution is 2.33. The molecule has 0 spiro atoms. The molecule has 2 aromatic carbocycles. The molecule has 5 rings (SSSR count). The van der Waals surface area contributed by atoms with E-state index < -0.39 is 6.10 Å². The Labute approximate surface area is 185 Å². The number of ether oxygens (including phenoxy) is 3. The van der Waals surface area contributed by atoms with Crippen molar-refractivity contribution in [3.63, 3.8) is 0 Å². The molecule has 2 aliphatic heterocycles. The van der Waals surface area contributed by atoms with Crippen LogP contribution in [0.1, 0.15) is 5.56 Å². The minimum Gasteiger partial charge on any atom is -0.485 e. The Morgan fingerprint density at radius 1 is 1.19 bits per heavy atom. The lowest BCUT2D eigenvalue weighted by molar-refractivity contribution is -0.127. The number of thiazole rings is 1. The summed E-state index contributed by atoms with van der Waals surface area (Å²) in [5, 5.41) is 0.696. The van der Waals surface area contributed by atoms with E-state index in [9.17, 15) is 4.79 Å². The maximum Gasteiger partial charge on any atom is 0.273 e. The average Bonchev–Trinajstić information content (AvgIpc) is 3.22. The molecule has 1 atom stereocenters. The van der Waals surface area contributed by atoms with Gasteiger partial charge in [0.25, 0.3) is 5.91 Å². The van der Waals surface area contributed by atoms with E-state index in [-0.39, 0.29) is 12.5 Å². The Morgan fingerprint density at radius 2 is 2.00 bits per heavy atom. The van der Waals surface area contributed by atoms with Gasteiger partial charge in [0.1, 0.15) is 6.61 Å². The second-order valence-electron chi connectivity index (χ2n) is 7.78. The van der Waals surface area contributed by atoms with Crippen molar-refractivity contribution in [3.8, 4) is 11.5 Å². The van der Waals surface area contributed by atoms with E-state index in [1.807, 2.05) is 36.4 Å². The number of nitrogens with zero attached hydrogens (tertiary/aromatic N) is 3. The maximum atomic E-state index is 13.6. The summed E-state index contributed by atoms with van der Waals surface area (Å²) in [6, 6.07) is 13.6. The van der Waals surface area contributed by atoms with Gasteiger partial charge in [0.15, 0.2) is 16.6 Å². The minimum atomic E-state index is -0.701. The van der Waals surface area contributed by atoms with Crippen LogP contribution in [0.25, 0.3) is 10.2 Å². The molecule has 2 aliphatic rings. The van der Waals surface area contributed by atoms with E-state index >= 15 is 0 Å². The summed E-state index contributed by atoms with van der Waals surface area (Å²) in [5.41, 5.74) is 2.08. The molecule has 3 heterocycles. The third-order valence-electron chi connectivity index (χ3n) is 5.56. The number of aryl methyl sites for hydroxylation is 1. The molecule has 1 unspecified atom stereocenters. The largest absolute Gasteiger partial charge is 0.485 e. The molecule has 0 bridgehead atoms. The first-order valence-corrected chi connectivity index (χ1v) is 11.4. The Balaban J connectivity index is 1.40. The number of carbonyl (C=O) groups is 1. The van der Waals surface area contributed by atoms with Crippen molar-refractivity contribution < 1.29 is 19.0 Å². The molecule has 8 heteroatoms. The standard InChI is InChI=1S/C23H25N3O4S/c1-16-6-7-17-21(14-16)31-23(24-17)26(9-8-25-10-12-28-13-11-25)22(27)20-15-29-18-4-2-3-5-19(18)30-20/h2-7,14,20H,8-13,15H2,1H3. The summed E-state index contributed by atoms with van der Waals surface area (Å²) >= 11 is 1.54. The fourth-order valence-electron chi connectivity index (χ4n) is 3.82. The van der Waals surface area contributed by atoms with Crippen LogP contribution in [0.2, 0.25) is 0 Å². The summed E-state index contributed by atoms with van der Waals surface area (Å²) in [6.07, 6.45) is -0.701. The third-order valence-corrected chi connectivity index (χ3v) is 6.60. The van der Waals surface area contributed by atoms with Crippen molar-refractivity contribution in [2.75, 3.05) is 50.9 Å². The first-order valence-electron chi connectivity index (χ1n) is 10.5. The zero-order chi connectivity index (χ0) is 21.2. The van der Waals surface area contributed by atoms with Gasteiger partial charge in [-0.1, -0.05) is 29.5 Å². The molecule has 1 amide bonds. The van der Waals surface area contributed by atoms with Gasteiger partial charge in [-0.05, 0) is 36.8 Å². The Bertz CT molecular complexity index is 1080. The van der Waals surface area contributed by atoms with Crippen LogP contribution in [-0.4, -0.2) is 67.9 Å². The lowest BCUT2D eigenvalue weighted by Crippen LogP contribution is -2.49. The summed E-state index contributed by atoms with van der Waals surface area (Å²) < 4.78 is 18.3. The van der Waals surface area contributed by atoms with Crippen LogP contribution in [0.5, 0.6) is 11.5 Å². The molecule has 162 valence electrons. The van der Waals surface area contributed by atoms with Crippen LogP contribution in [-0.2, 0) is 9.53 Å². The van der Waals surface area contributed by atoms with Crippen molar-refractivity contribution in [1.82, 2.24) is 9.88 Å². The fraction of sp³-hybridized carbons (Fsp3) is 0.391. The van der Waals surface area contributed by atoms with Gasteiger partial charge in [0.2, 0.25) is 6.10 Å². The number of hydrogen-bond donors (Lipinski definition) is 0. The van der Waals surface area contributed by atoms with Crippen molar-refractivity contribution in [3.05, 3.63) is 48.0 Å². The van der Waals surface area contributed by atoms with Gasteiger partial charge in [0.05, 0.1) is 23.4 Å². The molecule has 0 saturated carbocycles. The number of benzene rings is 2. The summed E-state index contributed by atoms with van der Waals surface area (Å²) in [6.45, 7) is 6.75. The van der Waals surface area contributed by atoms with E-state index in [2.05, 4.69) is 17.9 Å². The van der Waals surface area contributed by atoms with Crippen LogP contribution < -0.4 is 14.4 Å². The third kappa shape index (κ3) is 4.37. The van der Waals surface area contributed by atoms with Crippen molar-refractivity contribution in [2.45, 2.75) is 13.0 Å². The Morgan fingerprint density at radius 3 is 2.84 bits per heavy atom. The van der Waals surface area contributed by atoms with Crippen LogP contribution >= 0.6 is 11.3 Å². The van der Waals surface area contributed by atoms with Crippen LogP contribution in [0, 0.1) is 6.92 Å². The predicted octanol–water partition coefficient (Wildman–Crippen LogP) is 3.11. The molecule has 31 heavy (non-hydrogen) atoms. The monoisotopic (exact) mass is 439 g/mol. The van der Waals surface area contributed by atoms with E-state index in [1.165, 1.54) is 16.9 Å². The van der Waals surface area contributed by atoms with Crippen molar-refractivity contribution in [2.24, 2.45) is 0 Å². The molecular weight excluding hydrogens is 414 g/mol. The number of aromatic nitrogens is 1. The zero-order valence-electron chi connectivity index (χ0n) is 17.5. The lowest BCUT2D eigenvalue weighted by atomic mass is 10.2. The van der Waals surface area contributed by atoms with Gasteiger partial charge < -0.3 is 14.2 Å². The molecule has 1 saturated heterocycles. The van der Waals surface area contributed by atoms with Gasteiger partial charge in [-0.2, -0.15) is 0 Å². The molecule has 0 N–H and O–H groups in total. The van der Waals surface area contributed by atoms with Gasteiger partial charge in [0, 0.05) is 26.2 Å². The summed E-state index contributed by atoms with van der Waals surface area (Å²) in [4.78, 5) is 22.4. The molecular formula is C23H25N3O4S. The quantitative estimate of drug-likeness (QED) is 0.609. The lowest BCUT2D eigenvalue weighted by Gasteiger charge is -2.32. The van der Waals surface area contributed by atoms with Crippen LogP contribution in [0.3, 0.4) is 0 Å². The number of anilines is 1. The number of rotatable bonds is 5. The highest BCUT2D eigenvalue weighted by molar-refractivity contribution is 7.22. The summed E-state index contributed by atoms with van der Waals surface area (Å²) in [7, 11) is 0. The molecule has 3 aromatic rings. The van der Waals surface area contributed by atoms with Gasteiger partial charge >= 0.3 is 0 Å². The van der Waals surface area contributed by atoms with Crippen molar-refractivity contribution >= 4 is 32.6 Å². The zero-order valence-corrected chi connectivity index (χ0v) is 18.3. The number of morpholine rings is 1. The SMILES string of the molecule is Cc1ccc2nc(N(CCN3CCOCC3)C(=O)C3COc4ccccc4O3)sc2c1. The van der Waals surface area contributed by atoms with Gasteiger partial charge in [-0.3, -0.25) is 14.6 Å². The number of hydrogen-bond acceptors (Lipinski definition) is 7. The molecule has 0 aliphatic carbocycles. The first kappa shape index (κ1) is 20.2. The predicted molar refractivity (Wildman–Crippen MR) is 120 cm³/mol. The molecule has 7 nitrogen and oxygen atoms in total. The molecule has 1 fully saturated rings. The smallest absolute Gasteiger partial charge is 0.273 e. The Kier molecular flexibility index (Phi) is 5.76. The Hall–Kier alpha value is -2.68. The normalized spacial score (nSPS) is 18.8. The van der Waals surface area contributed by atoms with E-state index in [0.717, 1.165) is 43.1 Å². The minimum absolute atomic E-state index is 0.126. The number of carbonyl (C=O) groups excluding carboxylic acids is 1. The average molecular weight is 440 g/mol. The van der Waals surface area contributed by atoms with Gasteiger partial charge in [-0.15, -0.1) is 0 Å². The molecule has 0 radical (unpaired) electrons. The molecule has 1 aromatic heterocycles. The number of para-hydroxylation sites is 2. The topological polar surface area (TPSA) is 64.1 Å². The van der Waals surface area contributed by atoms with E-state index in [4.69, 9.17) is 19.2 Å². The number of amides is 1. The maximum absolute atomic E-state index is 13.6. The second kappa shape index (κ2) is 8.82. The highest BCUT2D eigenvalue weighted by atomic mass is 32.1. The van der Waals surface area contributed by atoms with Crippen molar-refractivity contribution in [1.29, 1.82) is 0 Å². The summed E-state index contributed by atoms with van der Waals surface area (Å²) in [5.74, 6) is 1.14. The highest BCUT2D eigenvalue weighted by Gasteiger charge is 2.33. The van der Waals surface area contributed by atoms with Crippen LogP contribution in [0.4, 0.5) is 5.13 Å². The number of fused-ring (bicyclic) bond motifs is 2. The van der Waals surface area contributed by atoms with E-state index in [0.29, 0.717) is 23.2 Å². The first-order chi connectivity index (χ1) is 15.2. The second-order valence-corrected chi connectivity index (χ2v) is 8.78. The van der Waals surface area contributed by atoms with Crippen LogP contribution in [0.15, 0.2) is 42.5 Å². The fourth-order valence-corrected chi connectivity index (χ4v) is 4.91. The van der Waals surface area contributed by atoms with Gasteiger partial charge in [-0.25, -0.2) is 4.98 Å².